The molecule has 412 valence electrons. The lowest BCUT2D eigenvalue weighted by molar-refractivity contribution is -0.167. The molecule has 0 aromatic rings. The predicted octanol–water partition coefficient (Wildman–Crippen LogP) is 20.8. The van der Waals surface area contributed by atoms with Gasteiger partial charge >= 0.3 is 17.9 Å². The lowest BCUT2D eigenvalue weighted by atomic mass is 10.0. The molecule has 0 aliphatic heterocycles. The number of carbonyl (C=O) groups excluding carboxylic acids is 3. The standard InChI is InChI=1S/C65H116O6/c1-4-7-10-13-16-19-22-25-27-29-31-32-34-35-37-40-43-46-49-52-55-58-64(67)70-61-62(60-69-63(66)57-54-51-48-45-42-39-24-21-18-15-12-9-6-3)71-65(68)59-56-53-50-47-44-41-38-36-33-30-28-26-23-20-17-14-11-8-5-2/h17,20,25-28,33,36,41,44,62H,4-16,18-19,21-24,29-32,34-35,37-40,42-43,45-61H2,1-3H3/b20-17-,27-25-,28-26-,36-33-,44-41-/t62-/m0/s1. The summed E-state index contributed by atoms with van der Waals surface area (Å²) >= 11 is 0. The van der Waals surface area contributed by atoms with E-state index >= 15 is 0 Å². The zero-order valence-corrected chi connectivity index (χ0v) is 47.2. The highest BCUT2D eigenvalue weighted by Crippen LogP contribution is 2.16. The molecule has 0 saturated heterocycles. The molecule has 0 fully saturated rings. The Morgan fingerprint density at radius 3 is 0.845 bits per heavy atom. The van der Waals surface area contributed by atoms with Crippen LogP contribution in [0.5, 0.6) is 0 Å². The average molecular weight is 994 g/mol. The van der Waals surface area contributed by atoms with Crippen LogP contribution in [0, 0.1) is 0 Å². The van der Waals surface area contributed by atoms with Crippen molar-refractivity contribution in [2.75, 3.05) is 13.2 Å². The number of ether oxygens (including phenoxy) is 3. The first-order chi connectivity index (χ1) is 35.0. The molecular weight excluding hydrogens is 877 g/mol. The fraction of sp³-hybridized carbons (Fsp3) is 0.800. The van der Waals surface area contributed by atoms with Crippen LogP contribution in [0.2, 0.25) is 0 Å². The van der Waals surface area contributed by atoms with Gasteiger partial charge in [-0.05, 0) is 89.9 Å². The third-order valence-electron chi connectivity index (χ3n) is 13.5. The van der Waals surface area contributed by atoms with Crippen LogP contribution >= 0.6 is 0 Å². The second kappa shape index (κ2) is 59.7. The molecule has 0 aliphatic rings. The van der Waals surface area contributed by atoms with Crippen molar-refractivity contribution >= 4 is 17.9 Å². The van der Waals surface area contributed by atoms with E-state index in [1.54, 1.807) is 0 Å². The second-order valence-electron chi connectivity index (χ2n) is 20.6. The summed E-state index contributed by atoms with van der Waals surface area (Å²) in [7, 11) is 0. The van der Waals surface area contributed by atoms with Crippen LogP contribution in [-0.2, 0) is 28.6 Å². The minimum absolute atomic E-state index is 0.0843. The summed E-state index contributed by atoms with van der Waals surface area (Å²) in [5, 5.41) is 0. The molecule has 6 nitrogen and oxygen atoms in total. The van der Waals surface area contributed by atoms with Crippen LogP contribution in [0.25, 0.3) is 0 Å². The summed E-state index contributed by atoms with van der Waals surface area (Å²) in [6, 6.07) is 0. The van der Waals surface area contributed by atoms with Crippen LogP contribution in [0.1, 0.15) is 316 Å². The molecule has 1 atom stereocenters. The minimum Gasteiger partial charge on any atom is -0.462 e. The maximum atomic E-state index is 12.9. The van der Waals surface area contributed by atoms with Crippen LogP contribution in [0.4, 0.5) is 0 Å². The van der Waals surface area contributed by atoms with Gasteiger partial charge in [0.15, 0.2) is 6.10 Å². The van der Waals surface area contributed by atoms with Gasteiger partial charge in [0, 0.05) is 19.3 Å². The Labute approximate surface area is 440 Å². The van der Waals surface area contributed by atoms with Crippen molar-refractivity contribution in [2.45, 2.75) is 322 Å². The van der Waals surface area contributed by atoms with E-state index in [2.05, 4.69) is 81.5 Å². The maximum absolute atomic E-state index is 12.9. The van der Waals surface area contributed by atoms with Crippen molar-refractivity contribution in [3.05, 3.63) is 60.8 Å². The number of rotatable bonds is 56. The van der Waals surface area contributed by atoms with Gasteiger partial charge < -0.3 is 14.2 Å². The van der Waals surface area contributed by atoms with E-state index in [1.165, 1.54) is 193 Å². The molecule has 0 bridgehead atoms. The van der Waals surface area contributed by atoms with Crippen molar-refractivity contribution < 1.29 is 28.6 Å². The van der Waals surface area contributed by atoms with Gasteiger partial charge in [0.25, 0.3) is 0 Å². The van der Waals surface area contributed by atoms with E-state index in [4.69, 9.17) is 14.2 Å². The highest BCUT2D eigenvalue weighted by Gasteiger charge is 2.19. The molecule has 6 heteroatoms. The number of carbonyl (C=O) groups is 3. The number of esters is 3. The Bertz CT molecular complexity index is 1280. The molecule has 0 aromatic carbocycles. The van der Waals surface area contributed by atoms with Gasteiger partial charge in [0.05, 0.1) is 0 Å². The SMILES string of the molecule is CCCCC/C=C\C/C=C\C/C=C\C/C=C\CCCCCC(=O)O[C@H](COC(=O)CCCCCCCCCCCCC/C=C\CCCCCCCC)COC(=O)CCCCCCCCCCCCCCC. The summed E-state index contributed by atoms with van der Waals surface area (Å²) in [6.45, 7) is 6.62. The van der Waals surface area contributed by atoms with Crippen LogP contribution in [0.15, 0.2) is 60.8 Å². The van der Waals surface area contributed by atoms with E-state index in [9.17, 15) is 14.4 Å². The predicted molar refractivity (Wildman–Crippen MR) is 307 cm³/mol. The highest BCUT2D eigenvalue weighted by molar-refractivity contribution is 5.71. The lowest BCUT2D eigenvalue weighted by Gasteiger charge is -2.18. The molecule has 0 aliphatic carbocycles. The molecule has 0 amide bonds. The molecule has 71 heavy (non-hydrogen) atoms. The number of hydrogen-bond donors (Lipinski definition) is 0. The normalized spacial score (nSPS) is 12.4. The van der Waals surface area contributed by atoms with Gasteiger partial charge in [0.1, 0.15) is 13.2 Å². The summed E-state index contributed by atoms with van der Waals surface area (Å²) in [5.74, 6) is -0.901. The first kappa shape index (κ1) is 68.1. The Hall–Kier alpha value is -2.89. The molecule has 0 heterocycles. The summed E-state index contributed by atoms with van der Waals surface area (Å²) in [4.78, 5) is 38.2. The third-order valence-corrected chi connectivity index (χ3v) is 13.5. The maximum Gasteiger partial charge on any atom is 0.306 e. The van der Waals surface area contributed by atoms with Crippen molar-refractivity contribution in [3.8, 4) is 0 Å². The van der Waals surface area contributed by atoms with Gasteiger partial charge in [-0.15, -0.1) is 0 Å². The molecule has 0 unspecified atom stereocenters. The summed E-state index contributed by atoms with van der Waals surface area (Å²) in [5.41, 5.74) is 0. The smallest absolute Gasteiger partial charge is 0.306 e. The Morgan fingerprint density at radius 1 is 0.282 bits per heavy atom. The lowest BCUT2D eigenvalue weighted by Crippen LogP contribution is -2.30. The fourth-order valence-electron chi connectivity index (χ4n) is 8.83. The van der Waals surface area contributed by atoms with Gasteiger partial charge in [-0.25, -0.2) is 0 Å². The molecule has 0 radical (unpaired) electrons. The average Bonchev–Trinajstić information content (AvgIpc) is 3.37. The van der Waals surface area contributed by atoms with Crippen LogP contribution < -0.4 is 0 Å². The first-order valence-corrected chi connectivity index (χ1v) is 30.8. The van der Waals surface area contributed by atoms with Gasteiger partial charge in [-0.1, -0.05) is 268 Å². The van der Waals surface area contributed by atoms with Crippen LogP contribution in [-0.4, -0.2) is 37.2 Å². The second-order valence-corrected chi connectivity index (χ2v) is 20.6. The van der Waals surface area contributed by atoms with E-state index in [1.807, 2.05) is 0 Å². The molecular formula is C65H116O6. The Balaban J connectivity index is 4.37. The molecule has 0 aromatic heterocycles. The summed E-state index contributed by atoms with van der Waals surface area (Å²) in [6.07, 6.45) is 75.0. The molecule has 0 rings (SSSR count). The molecule has 0 N–H and O–H groups in total. The van der Waals surface area contributed by atoms with Gasteiger partial charge in [-0.3, -0.25) is 14.4 Å². The van der Waals surface area contributed by atoms with Gasteiger partial charge in [0.2, 0.25) is 0 Å². The molecule has 0 saturated carbocycles. The quantitative estimate of drug-likeness (QED) is 0.0261. The topological polar surface area (TPSA) is 78.9 Å². The van der Waals surface area contributed by atoms with E-state index in [0.29, 0.717) is 19.3 Å². The Morgan fingerprint density at radius 2 is 0.507 bits per heavy atom. The minimum atomic E-state index is -0.790. The van der Waals surface area contributed by atoms with E-state index in [0.717, 1.165) is 83.5 Å². The number of hydrogen-bond acceptors (Lipinski definition) is 6. The van der Waals surface area contributed by atoms with E-state index < -0.39 is 6.10 Å². The van der Waals surface area contributed by atoms with Crippen molar-refractivity contribution in [3.63, 3.8) is 0 Å². The Kier molecular flexibility index (Phi) is 57.2. The largest absolute Gasteiger partial charge is 0.462 e. The fourth-order valence-corrected chi connectivity index (χ4v) is 8.83. The number of unbranched alkanes of at least 4 members (excludes halogenated alkanes) is 35. The van der Waals surface area contributed by atoms with Gasteiger partial charge in [-0.2, -0.15) is 0 Å². The highest BCUT2D eigenvalue weighted by atomic mass is 16.6. The van der Waals surface area contributed by atoms with Crippen molar-refractivity contribution in [1.82, 2.24) is 0 Å². The summed E-state index contributed by atoms with van der Waals surface area (Å²) < 4.78 is 16.9. The van der Waals surface area contributed by atoms with Crippen LogP contribution in [0.3, 0.4) is 0 Å². The van der Waals surface area contributed by atoms with Crippen molar-refractivity contribution in [1.29, 1.82) is 0 Å². The third kappa shape index (κ3) is 57.9. The molecule has 0 spiro atoms. The zero-order chi connectivity index (χ0) is 51.4. The van der Waals surface area contributed by atoms with E-state index in [-0.39, 0.29) is 31.1 Å². The zero-order valence-electron chi connectivity index (χ0n) is 47.2. The first-order valence-electron chi connectivity index (χ1n) is 30.8. The number of allylic oxidation sites excluding steroid dienone is 10. The van der Waals surface area contributed by atoms with Crippen molar-refractivity contribution in [2.24, 2.45) is 0 Å². The monoisotopic (exact) mass is 993 g/mol.